The Bertz CT molecular complexity index is 403. The van der Waals surface area contributed by atoms with Gasteiger partial charge in [-0.3, -0.25) is 10.1 Å². The highest BCUT2D eigenvalue weighted by Gasteiger charge is 2.14. The number of nitrogens with one attached hydrogen (secondary N) is 1. The lowest BCUT2D eigenvalue weighted by Crippen LogP contribution is -2.14. The van der Waals surface area contributed by atoms with E-state index < -0.39 is 6.09 Å². The van der Waals surface area contributed by atoms with Crippen molar-refractivity contribution in [2.45, 2.75) is 18.2 Å². The Morgan fingerprint density at radius 2 is 1.94 bits per heavy atom. The van der Waals surface area contributed by atoms with Crippen LogP contribution in [0.3, 0.4) is 0 Å². The molecule has 4 nitrogen and oxygen atoms in total. The standard InChI is InChI=1S/C12H14BrNO3/c1-3-10(13)11(15)8-4-6-9(7-5-8)14-12(16)17-2/h4-7,10H,3H2,1-2H3,(H,14,16)/t10-/m1/s1. The van der Waals surface area contributed by atoms with Crippen LogP contribution >= 0.6 is 15.9 Å². The summed E-state index contributed by atoms with van der Waals surface area (Å²) in [6.07, 6.45) is 0.206. The van der Waals surface area contributed by atoms with Crippen molar-refractivity contribution in [2.75, 3.05) is 12.4 Å². The summed E-state index contributed by atoms with van der Waals surface area (Å²) in [6.45, 7) is 1.94. The molecule has 0 saturated carbocycles. The number of benzene rings is 1. The van der Waals surface area contributed by atoms with E-state index in [1.807, 2.05) is 6.92 Å². The predicted molar refractivity (Wildman–Crippen MR) is 69.8 cm³/mol. The van der Waals surface area contributed by atoms with Crippen molar-refractivity contribution in [3.63, 3.8) is 0 Å². The minimum Gasteiger partial charge on any atom is -0.453 e. The molecule has 5 heteroatoms. The van der Waals surface area contributed by atoms with Crippen molar-refractivity contribution in [1.29, 1.82) is 0 Å². The van der Waals surface area contributed by atoms with Crippen LogP contribution in [0.15, 0.2) is 24.3 Å². The number of anilines is 1. The molecule has 0 aliphatic rings. The Labute approximate surface area is 108 Å². The quantitative estimate of drug-likeness (QED) is 0.686. The Kier molecular flexibility index (Phi) is 5.15. The van der Waals surface area contributed by atoms with E-state index in [1.165, 1.54) is 7.11 Å². The maximum atomic E-state index is 11.8. The summed E-state index contributed by atoms with van der Waals surface area (Å²) in [5.74, 6) is 0.0390. The van der Waals surface area contributed by atoms with Crippen molar-refractivity contribution < 1.29 is 14.3 Å². The highest BCUT2D eigenvalue weighted by molar-refractivity contribution is 9.10. The molecule has 0 spiro atoms. The van der Waals surface area contributed by atoms with Gasteiger partial charge in [0.2, 0.25) is 0 Å². The fraction of sp³-hybridized carbons (Fsp3) is 0.333. The first-order valence-corrected chi connectivity index (χ1v) is 6.13. The number of hydrogen-bond acceptors (Lipinski definition) is 3. The zero-order valence-electron chi connectivity index (χ0n) is 9.70. The van der Waals surface area contributed by atoms with E-state index in [2.05, 4.69) is 26.0 Å². The number of ketones is 1. The van der Waals surface area contributed by atoms with Gasteiger partial charge in [0.05, 0.1) is 11.9 Å². The average molecular weight is 300 g/mol. The third-order valence-corrected chi connectivity index (χ3v) is 3.31. The highest BCUT2D eigenvalue weighted by Crippen LogP contribution is 2.16. The van der Waals surface area contributed by atoms with E-state index >= 15 is 0 Å². The summed E-state index contributed by atoms with van der Waals surface area (Å²) < 4.78 is 4.46. The zero-order valence-corrected chi connectivity index (χ0v) is 11.3. The van der Waals surface area contributed by atoms with E-state index in [4.69, 9.17) is 0 Å². The number of hydrogen-bond donors (Lipinski definition) is 1. The van der Waals surface area contributed by atoms with Crippen LogP contribution in [0, 0.1) is 0 Å². The summed E-state index contributed by atoms with van der Waals surface area (Å²) in [7, 11) is 1.30. The molecule has 92 valence electrons. The second kappa shape index (κ2) is 6.39. The summed E-state index contributed by atoms with van der Waals surface area (Å²) in [5, 5.41) is 2.52. The number of methoxy groups -OCH3 is 1. The van der Waals surface area contributed by atoms with Crippen molar-refractivity contribution >= 4 is 33.5 Å². The lowest BCUT2D eigenvalue weighted by Gasteiger charge is -2.07. The van der Waals surface area contributed by atoms with Gasteiger partial charge in [-0.2, -0.15) is 0 Å². The summed E-state index contributed by atoms with van der Waals surface area (Å²) >= 11 is 3.31. The van der Waals surface area contributed by atoms with Gasteiger partial charge in [0, 0.05) is 11.3 Å². The van der Waals surface area contributed by atoms with E-state index in [-0.39, 0.29) is 10.6 Å². The normalized spacial score (nSPS) is 11.7. The van der Waals surface area contributed by atoms with Gasteiger partial charge in [-0.25, -0.2) is 4.79 Å². The van der Waals surface area contributed by atoms with Crippen molar-refractivity contribution in [3.05, 3.63) is 29.8 Å². The van der Waals surface area contributed by atoms with Crippen molar-refractivity contribution in [1.82, 2.24) is 0 Å². The molecule has 1 amide bonds. The zero-order chi connectivity index (χ0) is 12.8. The molecule has 0 bridgehead atoms. The van der Waals surface area contributed by atoms with Crippen LogP contribution in [0.1, 0.15) is 23.7 Å². The molecule has 0 unspecified atom stereocenters. The fourth-order valence-electron chi connectivity index (χ4n) is 1.25. The molecule has 0 fully saturated rings. The third-order valence-electron chi connectivity index (χ3n) is 2.24. The highest BCUT2D eigenvalue weighted by atomic mass is 79.9. The molecule has 0 aliphatic heterocycles. The smallest absolute Gasteiger partial charge is 0.411 e. The SMILES string of the molecule is CC[C@@H](Br)C(=O)c1ccc(NC(=O)OC)cc1. The van der Waals surface area contributed by atoms with E-state index in [0.29, 0.717) is 11.3 Å². The molecule has 1 aromatic rings. The van der Waals surface area contributed by atoms with Crippen LogP contribution in [0.4, 0.5) is 10.5 Å². The van der Waals surface area contributed by atoms with E-state index in [0.717, 1.165) is 6.42 Å². The van der Waals surface area contributed by atoms with Crippen LogP contribution in [-0.2, 0) is 4.74 Å². The molecule has 0 aliphatic carbocycles. The van der Waals surface area contributed by atoms with E-state index in [1.54, 1.807) is 24.3 Å². The molecule has 1 aromatic carbocycles. The van der Waals surface area contributed by atoms with Gasteiger partial charge in [-0.05, 0) is 30.7 Å². The Morgan fingerprint density at radius 3 is 2.41 bits per heavy atom. The fourth-order valence-corrected chi connectivity index (χ4v) is 1.52. The van der Waals surface area contributed by atoms with Crippen LogP contribution in [0.5, 0.6) is 0 Å². The monoisotopic (exact) mass is 299 g/mol. The van der Waals surface area contributed by atoms with Crippen LogP contribution in [-0.4, -0.2) is 23.8 Å². The number of carbonyl (C=O) groups is 2. The first-order chi connectivity index (χ1) is 8.08. The Balaban J connectivity index is 2.74. The number of alkyl halides is 1. The Morgan fingerprint density at radius 1 is 1.35 bits per heavy atom. The number of Topliss-reactive ketones (excluding diaryl/α,β-unsaturated/α-hetero) is 1. The molecule has 0 saturated heterocycles. The maximum Gasteiger partial charge on any atom is 0.411 e. The molecule has 1 atom stereocenters. The molecule has 17 heavy (non-hydrogen) atoms. The number of halogens is 1. The lowest BCUT2D eigenvalue weighted by atomic mass is 10.1. The molecule has 1 N–H and O–H groups in total. The Hall–Kier alpha value is -1.36. The number of rotatable bonds is 4. The molecule has 1 rings (SSSR count). The molecule has 0 aromatic heterocycles. The number of carbonyl (C=O) groups excluding carboxylic acids is 2. The first kappa shape index (κ1) is 13.7. The number of amides is 1. The van der Waals surface area contributed by atoms with Gasteiger partial charge < -0.3 is 4.74 Å². The third kappa shape index (κ3) is 3.85. The van der Waals surface area contributed by atoms with Crippen molar-refractivity contribution in [2.24, 2.45) is 0 Å². The summed E-state index contributed by atoms with van der Waals surface area (Å²) in [5.41, 5.74) is 1.21. The maximum absolute atomic E-state index is 11.8. The average Bonchev–Trinajstić information content (AvgIpc) is 2.37. The minimum absolute atomic E-state index is 0.0390. The van der Waals surface area contributed by atoms with E-state index in [9.17, 15) is 9.59 Å². The predicted octanol–water partition coefficient (Wildman–Crippen LogP) is 3.22. The molecule has 0 heterocycles. The summed E-state index contributed by atoms with van der Waals surface area (Å²) in [4.78, 5) is 22.6. The minimum atomic E-state index is -0.531. The van der Waals surface area contributed by atoms with Gasteiger partial charge in [-0.1, -0.05) is 22.9 Å². The second-order valence-electron chi connectivity index (χ2n) is 3.43. The van der Waals surface area contributed by atoms with Gasteiger partial charge in [0.15, 0.2) is 5.78 Å². The van der Waals surface area contributed by atoms with Crippen molar-refractivity contribution in [3.8, 4) is 0 Å². The number of ether oxygens (including phenoxy) is 1. The van der Waals surface area contributed by atoms with Crippen LogP contribution < -0.4 is 5.32 Å². The molecular weight excluding hydrogens is 286 g/mol. The van der Waals surface area contributed by atoms with Gasteiger partial charge in [0.1, 0.15) is 0 Å². The first-order valence-electron chi connectivity index (χ1n) is 5.21. The molecular formula is C12H14BrNO3. The second-order valence-corrected chi connectivity index (χ2v) is 4.54. The largest absolute Gasteiger partial charge is 0.453 e. The van der Waals surface area contributed by atoms with Crippen LogP contribution in [0.2, 0.25) is 0 Å². The lowest BCUT2D eigenvalue weighted by molar-refractivity contribution is 0.0990. The van der Waals surface area contributed by atoms with Gasteiger partial charge in [0.25, 0.3) is 0 Å². The topological polar surface area (TPSA) is 55.4 Å². The summed E-state index contributed by atoms with van der Waals surface area (Å²) in [6, 6.07) is 6.69. The van der Waals surface area contributed by atoms with Gasteiger partial charge >= 0.3 is 6.09 Å². The van der Waals surface area contributed by atoms with Crippen LogP contribution in [0.25, 0.3) is 0 Å². The van der Waals surface area contributed by atoms with Gasteiger partial charge in [-0.15, -0.1) is 0 Å². The molecule has 0 radical (unpaired) electrons.